The Morgan fingerprint density at radius 1 is 1.07 bits per heavy atom. The van der Waals surface area contributed by atoms with E-state index in [4.69, 9.17) is 14.9 Å². The van der Waals surface area contributed by atoms with E-state index in [1.54, 1.807) is 11.6 Å². The van der Waals surface area contributed by atoms with Crippen LogP contribution in [0.25, 0.3) is 17.0 Å². The smallest absolute Gasteiger partial charge is 0.212 e. The van der Waals surface area contributed by atoms with Crippen molar-refractivity contribution in [3.8, 4) is 17.3 Å². The fourth-order valence-electron chi connectivity index (χ4n) is 3.79. The zero-order valence-electron chi connectivity index (χ0n) is 16.3. The Balaban J connectivity index is 1.46. The van der Waals surface area contributed by atoms with Crippen LogP contribution in [0.1, 0.15) is 40.9 Å². The van der Waals surface area contributed by atoms with Crippen LogP contribution in [0.4, 0.5) is 0 Å². The minimum Gasteiger partial charge on any atom is -0.481 e. The van der Waals surface area contributed by atoms with Crippen LogP contribution in [0, 0.1) is 13.8 Å². The van der Waals surface area contributed by atoms with Crippen LogP contribution >= 0.6 is 0 Å². The van der Waals surface area contributed by atoms with Gasteiger partial charge in [0.1, 0.15) is 5.69 Å². The third kappa shape index (κ3) is 2.64. The second-order valence-electron chi connectivity index (χ2n) is 7.36. The third-order valence-corrected chi connectivity index (χ3v) is 5.44. The number of hydrogen-bond acceptors (Lipinski definition) is 6. The van der Waals surface area contributed by atoms with Crippen molar-refractivity contribution in [1.29, 1.82) is 0 Å². The van der Waals surface area contributed by atoms with E-state index in [-0.39, 0.29) is 0 Å². The van der Waals surface area contributed by atoms with Crippen molar-refractivity contribution in [2.24, 2.45) is 7.05 Å². The molecule has 1 saturated carbocycles. The molecule has 0 amide bonds. The van der Waals surface area contributed by atoms with Crippen molar-refractivity contribution in [3.05, 3.63) is 53.1 Å². The second kappa shape index (κ2) is 6.12. The van der Waals surface area contributed by atoms with Crippen molar-refractivity contribution in [2.75, 3.05) is 7.11 Å². The van der Waals surface area contributed by atoms with Gasteiger partial charge in [-0.3, -0.25) is 4.68 Å². The molecule has 1 aliphatic carbocycles. The van der Waals surface area contributed by atoms with Gasteiger partial charge in [-0.15, -0.1) is 10.2 Å². The summed E-state index contributed by atoms with van der Waals surface area (Å²) in [5.74, 6) is 2.29. The zero-order valence-corrected chi connectivity index (χ0v) is 16.3. The largest absolute Gasteiger partial charge is 0.481 e. The molecule has 1 fully saturated rings. The fourth-order valence-corrected chi connectivity index (χ4v) is 3.79. The quantitative estimate of drug-likeness (QED) is 0.545. The minimum absolute atomic E-state index is 0.414. The molecule has 2 atom stereocenters. The number of aromatic nitrogens is 7. The van der Waals surface area contributed by atoms with E-state index in [1.165, 1.54) is 5.56 Å². The number of hydrogen-bond donors (Lipinski definition) is 0. The Hall–Kier alpha value is -3.29. The van der Waals surface area contributed by atoms with Gasteiger partial charge in [0.15, 0.2) is 11.5 Å². The summed E-state index contributed by atoms with van der Waals surface area (Å²) in [6, 6.07) is 8.20. The lowest BCUT2D eigenvalue weighted by Gasteiger charge is -2.04. The van der Waals surface area contributed by atoms with Crippen molar-refractivity contribution in [1.82, 2.24) is 34.6 Å². The zero-order chi connectivity index (χ0) is 19.4. The molecule has 8 heteroatoms. The topological polar surface area (TPSA) is 83.0 Å². The Morgan fingerprint density at radius 3 is 2.68 bits per heavy atom. The van der Waals surface area contributed by atoms with E-state index in [9.17, 15) is 0 Å². The van der Waals surface area contributed by atoms with Gasteiger partial charge in [-0.25, -0.2) is 4.98 Å². The lowest BCUT2D eigenvalue weighted by atomic mass is 10.1. The highest BCUT2D eigenvalue weighted by Gasteiger charge is 2.41. The van der Waals surface area contributed by atoms with Crippen LogP contribution in [-0.2, 0) is 7.05 Å². The fraction of sp³-hybridized carbons (Fsp3) is 0.350. The van der Waals surface area contributed by atoms with Crippen LogP contribution in [0.15, 0.2) is 30.5 Å². The summed E-state index contributed by atoms with van der Waals surface area (Å²) in [4.78, 5) is 4.33. The standard InChI is InChI=1S/C20H21N7O/c1-11-7-17(25-27-12(2)22-23-20(11)27)18-9-16(24-26(18)3)15-8-14(15)13-5-6-19(28-4)21-10-13/h5-7,9-10,14-15H,8H2,1-4H3. The molecule has 4 aromatic heterocycles. The van der Waals surface area contributed by atoms with Gasteiger partial charge in [-0.05, 0) is 49.4 Å². The van der Waals surface area contributed by atoms with Gasteiger partial charge in [0.2, 0.25) is 5.88 Å². The molecule has 4 aromatic rings. The third-order valence-electron chi connectivity index (χ3n) is 5.44. The van der Waals surface area contributed by atoms with E-state index < -0.39 is 0 Å². The number of fused-ring (bicyclic) bond motifs is 1. The summed E-state index contributed by atoms with van der Waals surface area (Å²) in [6.07, 6.45) is 2.99. The molecule has 2 unspecified atom stereocenters. The summed E-state index contributed by atoms with van der Waals surface area (Å²) >= 11 is 0. The summed E-state index contributed by atoms with van der Waals surface area (Å²) in [5, 5.41) is 17.8. The van der Waals surface area contributed by atoms with Gasteiger partial charge in [0.25, 0.3) is 0 Å². The van der Waals surface area contributed by atoms with Gasteiger partial charge in [0, 0.05) is 25.2 Å². The van der Waals surface area contributed by atoms with Crippen LogP contribution in [0.3, 0.4) is 0 Å². The van der Waals surface area contributed by atoms with Crippen LogP contribution in [0.5, 0.6) is 5.88 Å². The Labute approximate surface area is 162 Å². The average molecular weight is 375 g/mol. The van der Waals surface area contributed by atoms with E-state index in [1.807, 2.05) is 43.9 Å². The van der Waals surface area contributed by atoms with E-state index in [0.29, 0.717) is 17.7 Å². The lowest BCUT2D eigenvalue weighted by molar-refractivity contribution is 0.397. The van der Waals surface area contributed by atoms with Gasteiger partial charge in [0.05, 0.1) is 18.5 Å². The van der Waals surface area contributed by atoms with Crippen molar-refractivity contribution < 1.29 is 4.74 Å². The molecule has 0 aliphatic heterocycles. The molecule has 8 nitrogen and oxygen atoms in total. The number of ether oxygens (including phenoxy) is 1. The molecule has 28 heavy (non-hydrogen) atoms. The van der Waals surface area contributed by atoms with Gasteiger partial charge >= 0.3 is 0 Å². The van der Waals surface area contributed by atoms with E-state index in [2.05, 4.69) is 27.3 Å². The first-order valence-corrected chi connectivity index (χ1v) is 9.29. The average Bonchev–Trinajstić information content (AvgIpc) is 3.28. The van der Waals surface area contributed by atoms with Gasteiger partial charge < -0.3 is 4.74 Å². The van der Waals surface area contributed by atoms with Gasteiger partial charge in [-0.1, -0.05) is 6.07 Å². The molecule has 5 rings (SSSR count). The van der Waals surface area contributed by atoms with Crippen molar-refractivity contribution in [3.63, 3.8) is 0 Å². The first-order chi connectivity index (χ1) is 13.5. The number of nitrogens with zero attached hydrogens (tertiary/aromatic N) is 7. The van der Waals surface area contributed by atoms with Gasteiger partial charge in [-0.2, -0.15) is 14.7 Å². The Morgan fingerprint density at radius 2 is 1.93 bits per heavy atom. The maximum Gasteiger partial charge on any atom is 0.212 e. The SMILES string of the molecule is COc1ccc(C2CC2c2cc(-c3cc(C)c4nnc(C)n4n3)n(C)n2)cn1. The maximum absolute atomic E-state index is 5.15. The summed E-state index contributed by atoms with van der Waals surface area (Å²) < 4.78 is 8.85. The molecule has 1 aliphatic rings. The van der Waals surface area contributed by atoms with Crippen molar-refractivity contribution in [2.45, 2.75) is 32.1 Å². The first kappa shape index (κ1) is 16.9. The number of aryl methyl sites for hydroxylation is 3. The molecule has 0 N–H and O–H groups in total. The normalized spacial score (nSPS) is 18.6. The predicted molar refractivity (Wildman–Crippen MR) is 103 cm³/mol. The summed E-state index contributed by atoms with van der Waals surface area (Å²) in [5.41, 5.74) is 6.02. The second-order valence-corrected chi connectivity index (χ2v) is 7.36. The molecule has 0 spiro atoms. The molecule has 142 valence electrons. The number of methoxy groups -OCH3 is 1. The predicted octanol–water partition coefficient (Wildman–Crippen LogP) is 2.82. The lowest BCUT2D eigenvalue weighted by Crippen LogP contribution is -2.02. The highest BCUT2D eigenvalue weighted by Crippen LogP contribution is 2.54. The number of pyridine rings is 1. The molecular weight excluding hydrogens is 354 g/mol. The molecular formula is C20H21N7O. The van der Waals surface area contributed by atoms with E-state index in [0.717, 1.165) is 40.5 Å². The summed E-state index contributed by atoms with van der Waals surface area (Å²) in [6.45, 7) is 3.93. The molecule has 0 saturated heterocycles. The highest BCUT2D eigenvalue weighted by molar-refractivity contribution is 5.60. The molecule has 0 bridgehead atoms. The van der Waals surface area contributed by atoms with Crippen LogP contribution < -0.4 is 4.74 Å². The highest BCUT2D eigenvalue weighted by atomic mass is 16.5. The monoisotopic (exact) mass is 375 g/mol. The number of rotatable bonds is 4. The maximum atomic E-state index is 5.15. The molecule has 0 aromatic carbocycles. The minimum atomic E-state index is 0.414. The molecule has 0 radical (unpaired) electrons. The van der Waals surface area contributed by atoms with Crippen LogP contribution in [0.2, 0.25) is 0 Å². The molecule has 4 heterocycles. The first-order valence-electron chi connectivity index (χ1n) is 9.29. The van der Waals surface area contributed by atoms with E-state index >= 15 is 0 Å². The van der Waals surface area contributed by atoms with Crippen molar-refractivity contribution >= 4 is 5.65 Å². The summed E-state index contributed by atoms with van der Waals surface area (Å²) in [7, 11) is 3.59. The van der Waals surface area contributed by atoms with Crippen LogP contribution in [-0.4, -0.2) is 41.7 Å². The Bertz CT molecular complexity index is 1180. The Kier molecular flexibility index (Phi) is 3.68.